The molecule has 3 atom stereocenters. The molecule has 2 aliphatic rings. The minimum Gasteiger partial charge on any atom is -0.352 e. The van der Waals surface area contributed by atoms with Crippen molar-refractivity contribution in [2.24, 2.45) is 5.92 Å². The number of carbonyl (C=O) groups excluding carboxylic acids is 3. The van der Waals surface area contributed by atoms with Crippen molar-refractivity contribution in [1.82, 2.24) is 15.5 Å². The van der Waals surface area contributed by atoms with Gasteiger partial charge in [0.2, 0.25) is 5.91 Å². The Kier molecular flexibility index (Phi) is 6.07. The van der Waals surface area contributed by atoms with Gasteiger partial charge in [-0.15, -0.1) is 0 Å². The number of amides is 4. The van der Waals surface area contributed by atoms with Gasteiger partial charge in [0.05, 0.1) is 0 Å². The summed E-state index contributed by atoms with van der Waals surface area (Å²) in [5, 5.41) is 5.95. The molecule has 0 radical (unpaired) electrons. The Morgan fingerprint density at radius 1 is 1.03 bits per heavy atom. The lowest BCUT2D eigenvalue weighted by atomic mass is 9.83. The molecule has 1 heterocycles. The third kappa shape index (κ3) is 4.33. The Labute approximate surface area is 183 Å². The number of imide groups is 1. The fourth-order valence-electron chi connectivity index (χ4n) is 4.74. The molecule has 2 N–H and O–H groups in total. The van der Waals surface area contributed by atoms with Crippen LogP contribution in [0.4, 0.5) is 4.79 Å². The van der Waals surface area contributed by atoms with Crippen LogP contribution < -0.4 is 10.6 Å². The molecule has 31 heavy (non-hydrogen) atoms. The van der Waals surface area contributed by atoms with E-state index in [4.69, 9.17) is 0 Å². The zero-order valence-electron chi connectivity index (χ0n) is 17.8. The average molecular weight is 420 g/mol. The number of carbonyl (C=O) groups is 3. The topological polar surface area (TPSA) is 78.5 Å². The molecule has 1 aliphatic heterocycles. The molecule has 6 heteroatoms. The van der Waals surface area contributed by atoms with Gasteiger partial charge in [0, 0.05) is 12.5 Å². The Morgan fingerprint density at radius 2 is 1.68 bits per heavy atom. The number of nitrogens with zero attached hydrogens (tertiary/aromatic N) is 1. The zero-order chi connectivity index (χ0) is 21.8. The van der Waals surface area contributed by atoms with Crippen LogP contribution in [0.25, 0.3) is 0 Å². The molecule has 0 unspecified atom stereocenters. The van der Waals surface area contributed by atoms with Gasteiger partial charge in [0.15, 0.2) is 5.54 Å². The van der Waals surface area contributed by atoms with Crippen LogP contribution >= 0.6 is 0 Å². The van der Waals surface area contributed by atoms with Crippen molar-refractivity contribution >= 4 is 17.8 Å². The molecule has 0 bridgehead atoms. The van der Waals surface area contributed by atoms with Crippen molar-refractivity contribution in [2.45, 2.75) is 50.6 Å². The van der Waals surface area contributed by atoms with Crippen LogP contribution in [0.1, 0.15) is 43.7 Å². The Balaban J connectivity index is 1.56. The number of rotatable bonds is 6. The van der Waals surface area contributed by atoms with E-state index in [-0.39, 0.29) is 24.4 Å². The lowest BCUT2D eigenvalue weighted by Gasteiger charge is -2.30. The van der Waals surface area contributed by atoms with Gasteiger partial charge in [-0.2, -0.15) is 0 Å². The van der Waals surface area contributed by atoms with Gasteiger partial charge >= 0.3 is 6.03 Å². The summed E-state index contributed by atoms with van der Waals surface area (Å²) < 4.78 is 0. The zero-order valence-corrected chi connectivity index (χ0v) is 17.8. The average Bonchev–Trinajstić information content (AvgIpc) is 3.01. The van der Waals surface area contributed by atoms with E-state index in [1.807, 2.05) is 60.7 Å². The maximum atomic E-state index is 13.6. The van der Waals surface area contributed by atoms with Crippen LogP contribution in [0.15, 0.2) is 60.7 Å². The monoisotopic (exact) mass is 419 g/mol. The molecule has 4 amide bonds. The van der Waals surface area contributed by atoms with Crippen LogP contribution in [0.3, 0.4) is 0 Å². The predicted molar refractivity (Wildman–Crippen MR) is 118 cm³/mol. The molecule has 2 fully saturated rings. The molecule has 1 aliphatic carbocycles. The highest BCUT2D eigenvalue weighted by Gasteiger charge is 2.52. The van der Waals surface area contributed by atoms with Crippen LogP contribution in [0.2, 0.25) is 0 Å². The smallest absolute Gasteiger partial charge is 0.325 e. The third-order valence-electron chi connectivity index (χ3n) is 6.51. The highest BCUT2D eigenvalue weighted by Crippen LogP contribution is 2.33. The quantitative estimate of drug-likeness (QED) is 0.705. The molecule has 4 rings (SSSR count). The van der Waals surface area contributed by atoms with E-state index < -0.39 is 11.6 Å². The standard InChI is InChI=1S/C25H29N3O3/c1-18-10-8-9-15-21(18)26-22(29)17-28-23(30)25(27-24(28)31,20-13-6-3-7-14-20)16-19-11-4-2-5-12-19/h2-7,11-14,18,21H,8-10,15-17H2,1H3,(H,26,29)(H,27,31)/t18-,21+,25-/m1/s1. The largest absolute Gasteiger partial charge is 0.352 e. The Hall–Kier alpha value is -3.15. The van der Waals surface area contributed by atoms with E-state index in [0.717, 1.165) is 29.7 Å². The molecule has 2 aromatic carbocycles. The van der Waals surface area contributed by atoms with Crippen LogP contribution in [0.5, 0.6) is 0 Å². The van der Waals surface area contributed by atoms with Crippen LogP contribution in [0, 0.1) is 5.92 Å². The minimum atomic E-state index is -1.22. The maximum absolute atomic E-state index is 13.6. The lowest BCUT2D eigenvalue weighted by Crippen LogP contribution is -2.48. The first-order valence-corrected chi connectivity index (χ1v) is 11.0. The van der Waals surface area contributed by atoms with Gasteiger partial charge in [-0.05, 0) is 29.9 Å². The van der Waals surface area contributed by atoms with Crippen LogP contribution in [-0.4, -0.2) is 35.3 Å². The maximum Gasteiger partial charge on any atom is 0.325 e. The van der Waals surface area contributed by atoms with E-state index in [0.29, 0.717) is 17.9 Å². The summed E-state index contributed by atoms with van der Waals surface area (Å²) in [5.74, 6) is -0.271. The number of hydrogen-bond acceptors (Lipinski definition) is 3. The molecule has 0 aromatic heterocycles. The second kappa shape index (κ2) is 8.92. The molecule has 2 aromatic rings. The highest BCUT2D eigenvalue weighted by atomic mass is 16.2. The van der Waals surface area contributed by atoms with E-state index >= 15 is 0 Å². The molecule has 1 saturated carbocycles. The first-order chi connectivity index (χ1) is 15.0. The molecular formula is C25H29N3O3. The van der Waals surface area contributed by atoms with Gasteiger partial charge in [-0.3, -0.25) is 14.5 Å². The van der Waals surface area contributed by atoms with Gasteiger partial charge in [-0.25, -0.2) is 4.79 Å². The molecule has 1 saturated heterocycles. The van der Waals surface area contributed by atoms with E-state index in [2.05, 4.69) is 17.6 Å². The third-order valence-corrected chi connectivity index (χ3v) is 6.51. The van der Waals surface area contributed by atoms with Crippen molar-refractivity contribution in [3.63, 3.8) is 0 Å². The van der Waals surface area contributed by atoms with Gasteiger partial charge < -0.3 is 10.6 Å². The first kappa shape index (κ1) is 21.1. The normalized spacial score (nSPS) is 25.9. The number of nitrogens with one attached hydrogen (secondary N) is 2. The summed E-state index contributed by atoms with van der Waals surface area (Å²) in [5.41, 5.74) is 0.418. The number of urea groups is 1. The second-order valence-electron chi connectivity index (χ2n) is 8.69. The van der Waals surface area contributed by atoms with E-state index in [1.165, 1.54) is 6.42 Å². The molecule has 162 valence electrons. The highest BCUT2D eigenvalue weighted by molar-refractivity contribution is 6.09. The molecular weight excluding hydrogens is 390 g/mol. The van der Waals surface area contributed by atoms with Gasteiger partial charge in [-0.1, -0.05) is 80.4 Å². The van der Waals surface area contributed by atoms with Crippen molar-refractivity contribution < 1.29 is 14.4 Å². The lowest BCUT2D eigenvalue weighted by molar-refractivity contribution is -0.135. The summed E-state index contributed by atoms with van der Waals surface area (Å²) in [6, 6.07) is 18.4. The van der Waals surface area contributed by atoms with E-state index in [1.54, 1.807) is 0 Å². The van der Waals surface area contributed by atoms with Gasteiger partial charge in [0.1, 0.15) is 6.54 Å². The minimum absolute atomic E-state index is 0.102. The summed E-state index contributed by atoms with van der Waals surface area (Å²) in [4.78, 5) is 40.2. The van der Waals surface area contributed by atoms with Crippen molar-refractivity contribution in [2.75, 3.05) is 6.54 Å². The fraction of sp³-hybridized carbons (Fsp3) is 0.400. The summed E-state index contributed by atoms with van der Waals surface area (Å²) in [6.45, 7) is 1.87. The predicted octanol–water partition coefficient (Wildman–Crippen LogP) is 3.37. The van der Waals surface area contributed by atoms with Crippen LogP contribution in [-0.2, 0) is 21.5 Å². The van der Waals surface area contributed by atoms with Crippen molar-refractivity contribution in [3.05, 3.63) is 71.8 Å². The SMILES string of the molecule is C[C@@H]1CCCC[C@@H]1NC(=O)CN1C(=O)N[C@](Cc2ccccc2)(c2ccccc2)C1=O. The Morgan fingerprint density at radius 3 is 2.35 bits per heavy atom. The Bertz CT molecular complexity index is 947. The number of hydrogen-bond donors (Lipinski definition) is 2. The van der Waals surface area contributed by atoms with E-state index in [9.17, 15) is 14.4 Å². The number of benzene rings is 2. The summed E-state index contributed by atoms with van der Waals surface area (Å²) in [7, 11) is 0. The summed E-state index contributed by atoms with van der Waals surface area (Å²) >= 11 is 0. The van der Waals surface area contributed by atoms with Crippen molar-refractivity contribution in [3.8, 4) is 0 Å². The van der Waals surface area contributed by atoms with Gasteiger partial charge in [0.25, 0.3) is 5.91 Å². The molecule has 0 spiro atoms. The molecule has 6 nitrogen and oxygen atoms in total. The fourth-order valence-corrected chi connectivity index (χ4v) is 4.74. The summed E-state index contributed by atoms with van der Waals surface area (Å²) in [6.07, 6.45) is 4.61. The first-order valence-electron chi connectivity index (χ1n) is 11.0. The second-order valence-corrected chi connectivity index (χ2v) is 8.69. The van der Waals surface area contributed by atoms with Crippen molar-refractivity contribution in [1.29, 1.82) is 0 Å².